The van der Waals surface area contributed by atoms with Crippen LogP contribution < -0.4 is 11.5 Å². The van der Waals surface area contributed by atoms with Gasteiger partial charge in [0.1, 0.15) is 11.4 Å². The standard InChI is InChI=1S/C9H11FN2O2/c1-9(12,8(13)14)6-3-2-5(11)4-7(6)10/h2-4H,11-12H2,1H3,(H,13,14). The number of anilines is 1. The molecule has 14 heavy (non-hydrogen) atoms. The number of nitrogen functional groups attached to an aromatic ring is 1. The fourth-order valence-corrected chi connectivity index (χ4v) is 1.07. The predicted octanol–water partition coefficient (Wildman–Crippen LogP) is 0.666. The molecule has 5 N–H and O–H groups in total. The van der Waals surface area contributed by atoms with E-state index in [0.717, 1.165) is 6.07 Å². The summed E-state index contributed by atoms with van der Waals surface area (Å²) in [6, 6.07) is 3.73. The second kappa shape index (κ2) is 3.26. The second-order valence-corrected chi connectivity index (χ2v) is 3.25. The van der Waals surface area contributed by atoms with Gasteiger partial charge in [-0.1, -0.05) is 6.07 Å². The first-order chi connectivity index (χ1) is 6.35. The molecular weight excluding hydrogens is 187 g/mol. The van der Waals surface area contributed by atoms with Gasteiger partial charge in [-0.05, 0) is 19.1 Å². The van der Waals surface area contributed by atoms with Crippen molar-refractivity contribution < 1.29 is 14.3 Å². The molecule has 4 nitrogen and oxygen atoms in total. The fraction of sp³-hybridized carbons (Fsp3) is 0.222. The highest BCUT2D eigenvalue weighted by atomic mass is 19.1. The Morgan fingerprint density at radius 2 is 2.14 bits per heavy atom. The molecule has 1 rings (SSSR count). The van der Waals surface area contributed by atoms with Gasteiger partial charge in [0, 0.05) is 11.3 Å². The van der Waals surface area contributed by atoms with Crippen molar-refractivity contribution in [3.63, 3.8) is 0 Å². The summed E-state index contributed by atoms with van der Waals surface area (Å²) in [5.74, 6) is -2.00. The molecule has 0 bridgehead atoms. The smallest absolute Gasteiger partial charge is 0.328 e. The first kappa shape index (κ1) is 10.5. The van der Waals surface area contributed by atoms with Crippen molar-refractivity contribution in [2.75, 3.05) is 5.73 Å². The van der Waals surface area contributed by atoms with E-state index in [0.29, 0.717) is 0 Å². The molecule has 76 valence electrons. The molecular formula is C9H11FN2O2. The summed E-state index contributed by atoms with van der Waals surface area (Å²) in [5.41, 5.74) is 9.18. The molecule has 1 aromatic carbocycles. The molecule has 0 amide bonds. The van der Waals surface area contributed by atoms with Crippen LogP contribution in [0.1, 0.15) is 12.5 Å². The van der Waals surface area contributed by atoms with E-state index in [2.05, 4.69) is 0 Å². The molecule has 0 aliphatic carbocycles. The number of carboxylic acids is 1. The third kappa shape index (κ3) is 1.67. The topological polar surface area (TPSA) is 89.3 Å². The second-order valence-electron chi connectivity index (χ2n) is 3.25. The quantitative estimate of drug-likeness (QED) is 0.609. The molecule has 5 heteroatoms. The molecule has 0 radical (unpaired) electrons. The summed E-state index contributed by atoms with van der Waals surface area (Å²) in [4.78, 5) is 10.7. The zero-order valence-corrected chi connectivity index (χ0v) is 7.62. The Hall–Kier alpha value is -1.62. The molecule has 0 aromatic heterocycles. The lowest BCUT2D eigenvalue weighted by Crippen LogP contribution is -2.42. The minimum Gasteiger partial charge on any atom is -0.480 e. The number of carboxylic acid groups (broad SMARTS) is 1. The van der Waals surface area contributed by atoms with Gasteiger partial charge in [0.2, 0.25) is 0 Å². The fourth-order valence-electron chi connectivity index (χ4n) is 1.07. The Morgan fingerprint density at radius 1 is 1.57 bits per heavy atom. The van der Waals surface area contributed by atoms with Gasteiger partial charge in [-0.3, -0.25) is 0 Å². The van der Waals surface area contributed by atoms with E-state index >= 15 is 0 Å². The zero-order valence-electron chi connectivity index (χ0n) is 7.62. The minimum absolute atomic E-state index is 0.0841. The van der Waals surface area contributed by atoms with Crippen LogP contribution in [0.2, 0.25) is 0 Å². The van der Waals surface area contributed by atoms with Crippen LogP contribution >= 0.6 is 0 Å². The van der Waals surface area contributed by atoms with Crippen molar-refractivity contribution in [1.29, 1.82) is 0 Å². The number of carbonyl (C=O) groups is 1. The van der Waals surface area contributed by atoms with E-state index in [9.17, 15) is 9.18 Å². The summed E-state index contributed by atoms with van der Waals surface area (Å²) in [6.07, 6.45) is 0. The van der Waals surface area contributed by atoms with Crippen LogP contribution in [0.25, 0.3) is 0 Å². The SMILES string of the molecule is CC(N)(C(=O)O)c1ccc(N)cc1F. The highest BCUT2D eigenvalue weighted by Gasteiger charge is 2.32. The molecule has 1 unspecified atom stereocenters. The highest BCUT2D eigenvalue weighted by Crippen LogP contribution is 2.22. The number of benzene rings is 1. The summed E-state index contributed by atoms with van der Waals surface area (Å²) in [7, 11) is 0. The lowest BCUT2D eigenvalue weighted by molar-refractivity contribution is -0.143. The van der Waals surface area contributed by atoms with Crippen molar-refractivity contribution in [2.45, 2.75) is 12.5 Å². The normalized spacial score (nSPS) is 14.8. The van der Waals surface area contributed by atoms with Crippen molar-refractivity contribution in [3.05, 3.63) is 29.6 Å². The monoisotopic (exact) mass is 198 g/mol. The van der Waals surface area contributed by atoms with Crippen LogP contribution in [-0.4, -0.2) is 11.1 Å². The van der Waals surface area contributed by atoms with Gasteiger partial charge >= 0.3 is 5.97 Å². The maximum atomic E-state index is 13.3. The van der Waals surface area contributed by atoms with Crippen LogP contribution in [0.15, 0.2) is 18.2 Å². The Labute approximate surface area is 80.3 Å². The maximum absolute atomic E-state index is 13.3. The van der Waals surface area contributed by atoms with Gasteiger partial charge < -0.3 is 16.6 Å². The Morgan fingerprint density at radius 3 is 2.57 bits per heavy atom. The third-order valence-corrected chi connectivity index (χ3v) is 2.00. The lowest BCUT2D eigenvalue weighted by atomic mass is 9.93. The minimum atomic E-state index is -1.74. The first-order valence-corrected chi connectivity index (χ1v) is 3.93. The largest absolute Gasteiger partial charge is 0.480 e. The number of aliphatic carboxylic acids is 1. The van der Waals surface area contributed by atoms with E-state index in [-0.39, 0.29) is 11.3 Å². The number of hydrogen-bond acceptors (Lipinski definition) is 3. The summed E-state index contributed by atoms with van der Waals surface area (Å²) >= 11 is 0. The number of hydrogen-bond donors (Lipinski definition) is 3. The first-order valence-electron chi connectivity index (χ1n) is 3.93. The lowest BCUT2D eigenvalue weighted by Gasteiger charge is -2.20. The van der Waals surface area contributed by atoms with E-state index < -0.39 is 17.3 Å². The summed E-state index contributed by atoms with van der Waals surface area (Å²) in [5, 5.41) is 8.77. The van der Waals surface area contributed by atoms with Crippen LogP contribution in [-0.2, 0) is 10.3 Å². The van der Waals surface area contributed by atoms with E-state index in [1.54, 1.807) is 0 Å². The van der Waals surface area contributed by atoms with Gasteiger partial charge in [0.05, 0.1) is 0 Å². The molecule has 0 aliphatic rings. The van der Waals surface area contributed by atoms with E-state index in [1.807, 2.05) is 0 Å². The van der Waals surface area contributed by atoms with Crippen LogP contribution in [0.3, 0.4) is 0 Å². The van der Waals surface area contributed by atoms with Crippen LogP contribution in [0, 0.1) is 5.82 Å². The molecule has 0 saturated carbocycles. The summed E-state index contributed by atoms with van der Waals surface area (Å²) < 4.78 is 13.3. The van der Waals surface area contributed by atoms with Gasteiger partial charge in [-0.15, -0.1) is 0 Å². The molecule has 0 aliphatic heterocycles. The number of halogens is 1. The van der Waals surface area contributed by atoms with Gasteiger partial charge in [-0.25, -0.2) is 9.18 Å². The van der Waals surface area contributed by atoms with Crippen molar-refractivity contribution in [2.24, 2.45) is 5.73 Å². The number of rotatable bonds is 2. The van der Waals surface area contributed by atoms with Crippen LogP contribution in [0.5, 0.6) is 0 Å². The van der Waals surface area contributed by atoms with Gasteiger partial charge in [-0.2, -0.15) is 0 Å². The summed E-state index contributed by atoms with van der Waals surface area (Å²) in [6.45, 7) is 1.23. The zero-order chi connectivity index (χ0) is 10.9. The number of nitrogens with two attached hydrogens (primary N) is 2. The van der Waals surface area contributed by atoms with Crippen molar-refractivity contribution in [1.82, 2.24) is 0 Å². The highest BCUT2D eigenvalue weighted by molar-refractivity contribution is 5.80. The molecule has 1 atom stereocenters. The molecule has 1 aromatic rings. The van der Waals surface area contributed by atoms with E-state index in [4.69, 9.17) is 16.6 Å². The van der Waals surface area contributed by atoms with Gasteiger partial charge in [0.25, 0.3) is 0 Å². The van der Waals surface area contributed by atoms with Crippen molar-refractivity contribution in [3.8, 4) is 0 Å². The average molecular weight is 198 g/mol. The third-order valence-electron chi connectivity index (χ3n) is 2.00. The molecule has 0 heterocycles. The Bertz CT molecular complexity index is 377. The molecule has 0 spiro atoms. The Balaban J connectivity index is 3.26. The average Bonchev–Trinajstić information content (AvgIpc) is 2.02. The molecule has 0 fully saturated rings. The van der Waals surface area contributed by atoms with Crippen LogP contribution in [0.4, 0.5) is 10.1 Å². The van der Waals surface area contributed by atoms with Crippen molar-refractivity contribution >= 4 is 11.7 Å². The van der Waals surface area contributed by atoms with Gasteiger partial charge in [0.15, 0.2) is 0 Å². The molecule has 0 saturated heterocycles. The predicted molar refractivity (Wildman–Crippen MR) is 50.0 cm³/mol. The Kier molecular flexibility index (Phi) is 2.44. The van der Waals surface area contributed by atoms with E-state index in [1.165, 1.54) is 19.1 Å². The maximum Gasteiger partial charge on any atom is 0.328 e.